The molecule has 8 heteroatoms. The van der Waals surface area contributed by atoms with Crippen LogP contribution in [-0.4, -0.2) is 43.2 Å². The summed E-state index contributed by atoms with van der Waals surface area (Å²) in [7, 11) is 0. The highest BCUT2D eigenvalue weighted by atomic mass is 35.5. The Labute approximate surface area is 157 Å². The van der Waals surface area contributed by atoms with Gasteiger partial charge >= 0.3 is 0 Å². The summed E-state index contributed by atoms with van der Waals surface area (Å²) in [6.45, 7) is 5.85. The molecule has 1 aliphatic rings. The molecule has 0 unspecified atom stereocenters. The summed E-state index contributed by atoms with van der Waals surface area (Å²) in [4.78, 5) is 7.05. The van der Waals surface area contributed by atoms with Gasteiger partial charge in [-0.2, -0.15) is 0 Å². The molecule has 0 saturated carbocycles. The molecule has 138 valence electrons. The van der Waals surface area contributed by atoms with Crippen LogP contribution < -0.4 is 0 Å². The lowest BCUT2D eigenvalue weighted by atomic mass is 9.97. The number of benzene rings is 1. The molecular weight excluding hydrogens is 352 g/mol. The van der Waals surface area contributed by atoms with Crippen LogP contribution in [0.15, 0.2) is 22.6 Å². The molecule has 0 spiro atoms. The van der Waals surface area contributed by atoms with Crippen LogP contribution in [0.1, 0.15) is 50.2 Å². The van der Waals surface area contributed by atoms with Gasteiger partial charge in [0.2, 0.25) is 0 Å². The van der Waals surface area contributed by atoms with Gasteiger partial charge in [0.05, 0.1) is 6.54 Å². The van der Waals surface area contributed by atoms with E-state index >= 15 is 0 Å². The van der Waals surface area contributed by atoms with Gasteiger partial charge in [-0.15, -0.1) is 5.10 Å². The lowest BCUT2D eigenvalue weighted by molar-refractivity contribution is 0.187. The summed E-state index contributed by atoms with van der Waals surface area (Å²) in [6, 6.07) is 5.58. The summed E-state index contributed by atoms with van der Waals surface area (Å²) >= 11 is 6.04. The van der Waals surface area contributed by atoms with Crippen LogP contribution in [0.25, 0.3) is 11.1 Å². The number of aromatic nitrogens is 5. The zero-order chi connectivity index (χ0) is 17.9. The third kappa shape index (κ3) is 3.73. The minimum atomic E-state index is 0.355. The number of aryl methyl sites for hydroxylation is 1. The third-order valence-electron chi connectivity index (χ3n) is 5.00. The average molecular weight is 375 g/mol. The first-order valence-electron chi connectivity index (χ1n) is 9.26. The number of fused-ring (bicyclic) bond motifs is 1. The predicted octanol–water partition coefficient (Wildman–Crippen LogP) is 3.65. The van der Waals surface area contributed by atoms with E-state index in [9.17, 15) is 0 Å². The van der Waals surface area contributed by atoms with E-state index in [2.05, 4.69) is 32.3 Å². The fraction of sp³-hybridized carbons (Fsp3) is 0.556. The summed E-state index contributed by atoms with van der Waals surface area (Å²) in [5.74, 6) is 2.14. The van der Waals surface area contributed by atoms with Crippen molar-refractivity contribution in [3.8, 4) is 0 Å². The third-order valence-corrected chi connectivity index (χ3v) is 5.23. The molecule has 7 nitrogen and oxygen atoms in total. The monoisotopic (exact) mass is 374 g/mol. The lowest BCUT2D eigenvalue weighted by Gasteiger charge is -2.29. The van der Waals surface area contributed by atoms with E-state index in [0.29, 0.717) is 10.9 Å². The second-order valence-corrected chi connectivity index (χ2v) is 7.32. The van der Waals surface area contributed by atoms with Crippen molar-refractivity contribution >= 4 is 22.7 Å². The second-order valence-electron chi connectivity index (χ2n) is 6.89. The predicted molar refractivity (Wildman–Crippen MR) is 99.0 cm³/mol. The van der Waals surface area contributed by atoms with Crippen LogP contribution in [0.3, 0.4) is 0 Å². The Morgan fingerprint density at radius 3 is 2.92 bits per heavy atom. The molecule has 1 aliphatic heterocycles. The van der Waals surface area contributed by atoms with Crippen molar-refractivity contribution in [1.29, 1.82) is 0 Å². The molecule has 0 amide bonds. The highest BCUT2D eigenvalue weighted by Gasteiger charge is 2.25. The molecule has 4 rings (SSSR count). The van der Waals surface area contributed by atoms with Crippen LogP contribution >= 0.6 is 11.6 Å². The number of oxazole rings is 1. The Morgan fingerprint density at radius 1 is 1.27 bits per heavy atom. The van der Waals surface area contributed by atoms with E-state index in [1.54, 1.807) is 0 Å². The Bertz CT molecular complexity index is 868. The van der Waals surface area contributed by atoms with Gasteiger partial charge in [-0.05, 0) is 61.0 Å². The van der Waals surface area contributed by atoms with E-state index in [0.717, 1.165) is 74.7 Å². The number of hydrogen-bond donors (Lipinski definition) is 0. The van der Waals surface area contributed by atoms with E-state index < -0.39 is 0 Å². The van der Waals surface area contributed by atoms with Crippen molar-refractivity contribution in [2.45, 2.75) is 51.6 Å². The number of tetrazole rings is 1. The lowest BCUT2D eigenvalue weighted by Crippen LogP contribution is -2.33. The van der Waals surface area contributed by atoms with Crippen LogP contribution in [0.5, 0.6) is 0 Å². The Morgan fingerprint density at radius 2 is 2.12 bits per heavy atom. The normalized spacial score (nSPS) is 16.5. The standard InChI is InChI=1S/C18H23ClN6O/c1-2-3-8-25-17(21-22-23-25)12-24-9-6-13(7-10-24)18-20-15-11-14(19)4-5-16(15)26-18/h4-5,11,13H,2-3,6-10,12H2,1H3. The Hall–Kier alpha value is -1.99. The number of piperidine rings is 1. The highest BCUT2D eigenvalue weighted by molar-refractivity contribution is 6.31. The van der Waals surface area contributed by atoms with E-state index in [1.807, 2.05) is 22.9 Å². The second kappa shape index (κ2) is 7.72. The number of rotatable bonds is 6. The SMILES string of the molecule is CCCCn1nnnc1CN1CCC(c2nc3cc(Cl)ccc3o2)CC1. The molecule has 3 heterocycles. The molecule has 1 saturated heterocycles. The molecule has 0 bridgehead atoms. The first-order valence-corrected chi connectivity index (χ1v) is 9.64. The van der Waals surface area contributed by atoms with Crippen molar-refractivity contribution < 1.29 is 4.42 Å². The highest BCUT2D eigenvalue weighted by Crippen LogP contribution is 2.31. The number of halogens is 1. The van der Waals surface area contributed by atoms with Gasteiger partial charge in [0.15, 0.2) is 17.3 Å². The van der Waals surface area contributed by atoms with E-state index in [-0.39, 0.29) is 0 Å². The topological polar surface area (TPSA) is 72.9 Å². The summed E-state index contributed by atoms with van der Waals surface area (Å²) < 4.78 is 7.87. The van der Waals surface area contributed by atoms with Gasteiger partial charge in [-0.25, -0.2) is 9.67 Å². The van der Waals surface area contributed by atoms with E-state index in [4.69, 9.17) is 16.0 Å². The van der Waals surface area contributed by atoms with Crippen LogP contribution in [0.4, 0.5) is 0 Å². The van der Waals surface area contributed by atoms with Gasteiger partial charge in [-0.3, -0.25) is 4.90 Å². The van der Waals surface area contributed by atoms with Crippen LogP contribution in [-0.2, 0) is 13.1 Å². The van der Waals surface area contributed by atoms with Crippen molar-refractivity contribution in [3.63, 3.8) is 0 Å². The van der Waals surface area contributed by atoms with Gasteiger partial charge in [0.25, 0.3) is 0 Å². The number of nitrogens with zero attached hydrogens (tertiary/aromatic N) is 6. The molecule has 26 heavy (non-hydrogen) atoms. The molecule has 3 aromatic rings. The summed E-state index contributed by atoms with van der Waals surface area (Å²) in [6.07, 6.45) is 4.29. The van der Waals surface area contributed by atoms with E-state index in [1.165, 1.54) is 0 Å². The number of unbranched alkanes of at least 4 members (excludes halogenated alkanes) is 1. The first-order chi connectivity index (χ1) is 12.7. The quantitative estimate of drug-likeness (QED) is 0.655. The maximum Gasteiger partial charge on any atom is 0.198 e. The smallest absolute Gasteiger partial charge is 0.198 e. The van der Waals surface area contributed by atoms with Gasteiger partial charge in [-0.1, -0.05) is 24.9 Å². The maximum atomic E-state index is 6.04. The molecule has 1 aromatic carbocycles. The van der Waals surface area contributed by atoms with Crippen molar-refractivity contribution in [1.82, 2.24) is 30.1 Å². The number of hydrogen-bond acceptors (Lipinski definition) is 6. The van der Waals surface area contributed by atoms with Gasteiger partial charge in [0.1, 0.15) is 5.52 Å². The Kier molecular flexibility index (Phi) is 5.17. The Balaban J connectivity index is 1.37. The van der Waals surface area contributed by atoms with Crippen molar-refractivity contribution in [2.75, 3.05) is 13.1 Å². The molecule has 0 aliphatic carbocycles. The van der Waals surface area contributed by atoms with Crippen molar-refractivity contribution in [2.24, 2.45) is 0 Å². The fourth-order valence-corrected chi connectivity index (χ4v) is 3.62. The molecule has 0 radical (unpaired) electrons. The van der Waals surface area contributed by atoms with Crippen LogP contribution in [0, 0.1) is 0 Å². The van der Waals surface area contributed by atoms with Gasteiger partial charge < -0.3 is 4.42 Å². The largest absolute Gasteiger partial charge is 0.440 e. The van der Waals surface area contributed by atoms with Crippen molar-refractivity contribution in [3.05, 3.63) is 34.9 Å². The van der Waals surface area contributed by atoms with Gasteiger partial charge in [0, 0.05) is 17.5 Å². The molecule has 0 N–H and O–H groups in total. The maximum absolute atomic E-state index is 6.04. The average Bonchev–Trinajstić information content (AvgIpc) is 3.27. The molecule has 2 aromatic heterocycles. The molecular formula is C18H23ClN6O. The summed E-state index contributed by atoms with van der Waals surface area (Å²) in [5.41, 5.74) is 1.65. The number of likely N-dealkylation sites (tertiary alicyclic amines) is 1. The zero-order valence-electron chi connectivity index (χ0n) is 14.9. The fourth-order valence-electron chi connectivity index (χ4n) is 3.45. The minimum Gasteiger partial charge on any atom is -0.440 e. The summed E-state index contributed by atoms with van der Waals surface area (Å²) in [5, 5.41) is 12.8. The minimum absolute atomic E-state index is 0.355. The first kappa shape index (κ1) is 17.4. The molecule has 1 fully saturated rings. The van der Waals surface area contributed by atoms with Crippen LogP contribution in [0.2, 0.25) is 5.02 Å². The molecule has 0 atom stereocenters. The zero-order valence-corrected chi connectivity index (χ0v) is 15.7.